The van der Waals surface area contributed by atoms with E-state index in [4.69, 9.17) is 26.8 Å². The van der Waals surface area contributed by atoms with Crippen LogP contribution in [0.25, 0.3) is 11.1 Å². The Hall–Kier alpha value is -3.12. The van der Waals surface area contributed by atoms with Crippen LogP contribution < -0.4 is 15.2 Å². The summed E-state index contributed by atoms with van der Waals surface area (Å²) in [5.74, 6) is -2.26. The number of nitrogens with two attached hydrogens (primary N) is 1. The summed E-state index contributed by atoms with van der Waals surface area (Å²) < 4.78 is 41.7. The lowest BCUT2D eigenvalue weighted by Gasteiger charge is -2.17. The van der Waals surface area contributed by atoms with Crippen LogP contribution in [0.1, 0.15) is 40.9 Å². The fraction of sp³-hybridized carbons (Fsp3) is 0.208. The van der Waals surface area contributed by atoms with E-state index in [1.54, 1.807) is 0 Å². The van der Waals surface area contributed by atoms with E-state index >= 15 is 4.39 Å². The summed E-state index contributed by atoms with van der Waals surface area (Å²) in [6.45, 7) is 2.16. The van der Waals surface area contributed by atoms with Crippen LogP contribution >= 0.6 is 11.6 Å². The molecule has 1 atom stereocenters. The average Bonchev–Trinajstić information content (AvgIpc) is 3.18. The molecule has 7 heteroatoms. The third kappa shape index (κ3) is 3.83. The lowest BCUT2D eigenvalue weighted by molar-refractivity contribution is 0.100. The molecule has 0 spiro atoms. The van der Waals surface area contributed by atoms with Gasteiger partial charge in [0.15, 0.2) is 11.6 Å². The third-order valence-corrected chi connectivity index (χ3v) is 5.57. The number of fused-ring (bicyclic) bond motifs is 1. The number of amides is 1. The molecule has 1 heterocycles. The molecule has 31 heavy (non-hydrogen) atoms. The molecule has 2 N–H and O–H groups in total. The molecule has 1 amide bonds. The minimum Gasteiger partial charge on any atom is -0.491 e. The van der Waals surface area contributed by atoms with E-state index in [-0.39, 0.29) is 39.8 Å². The van der Waals surface area contributed by atoms with Gasteiger partial charge in [-0.15, -0.1) is 0 Å². The molecule has 4 rings (SSSR count). The summed E-state index contributed by atoms with van der Waals surface area (Å²) >= 11 is 6.32. The van der Waals surface area contributed by atoms with Crippen LogP contribution in [0.2, 0.25) is 5.02 Å². The third-order valence-electron chi connectivity index (χ3n) is 5.20. The summed E-state index contributed by atoms with van der Waals surface area (Å²) in [6, 6.07) is 13.3. The molecule has 0 saturated carbocycles. The second-order valence-electron chi connectivity index (χ2n) is 7.26. The molecule has 3 aromatic carbocycles. The first kappa shape index (κ1) is 21.1. The van der Waals surface area contributed by atoms with Crippen LogP contribution in [0.15, 0.2) is 48.5 Å². The Morgan fingerprint density at radius 1 is 1.19 bits per heavy atom. The van der Waals surface area contributed by atoms with Crippen molar-refractivity contribution in [1.82, 2.24) is 0 Å². The van der Waals surface area contributed by atoms with Crippen LogP contribution in [0.3, 0.4) is 0 Å². The van der Waals surface area contributed by atoms with Gasteiger partial charge in [0.2, 0.25) is 5.91 Å². The summed E-state index contributed by atoms with van der Waals surface area (Å²) in [5, 5.41) is -0.301. The van der Waals surface area contributed by atoms with Crippen molar-refractivity contribution in [3.05, 3.63) is 81.9 Å². The molecular weight excluding hydrogens is 424 g/mol. The highest BCUT2D eigenvalue weighted by molar-refractivity contribution is 6.34. The van der Waals surface area contributed by atoms with Gasteiger partial charge in [0.25, 0.3) is 0 Å². The summed E-state index contributed by atoms with van der Waals surface area (Å²) in [4.78, 5) is 12.1. The standard InChI is InChI=1S/C24H20ClF2NO3/c1-2-10-30-17-9-8-14(24(28)29)21(23(17)27)20-15-11-18(13-6-4-3-5-7-13)31-19(15)12-16(26)22(20)25/h3-9,12,18H,2,10-11H2,1H3,(H2,28,29). The Bertz CT molecular complexity index is 1150. The van der Waals surface area contributed by atoms with Crippen LogP contribution in [-0.4, -0.2) is 12.5 Å². The van der Waals surface area contributed by atoms with Crippen molar-refractivity contribution in [3.63, 3.8) is 0 Å². The van der Waals surface area contributed by atoms with Gasteiger partial charge in [-0.1, -0.05) is 48.9 Å². The maximum atomic E-state index is 15.5. The molecule has 0 saturated heterocycles. The van der Waals surface area contributed by atoms with Crippen LogP contribution in [0.4, 0.5) is 8.78 Å². The molecule has 0 fully saturated rings. The smallest absolute Gasteiger partial charge is 0.249 e. The van der Waals surface area contributed by atoms with Gasteiger partial charge in [-0.2, -0.15) is 0 Å². The van der Waals surface area contributed by atoms with E-state index in [1.165, 1.54) is 18.2 Å². The van der Waals surface area contributed by atoms with E-state index in [9.17, 15) is 9.18 Å². The molecule has 3 aromatic rings. The largest absolute Gasteiger partial charge is 0.491 e. The predicted octanol–water partition coefficient (Wildman–Crippen LogP) is 5.85. The highest BCUT2D eigenvalue weighted by atomic mass is 35.5. The number of hydrogen-bond acceptors (Lipinski definition) is 3. The highest BCUT2D eigenvalue weighted by Crippen LogP contribution is 2.48. The van der Waals surface area contributed by atoms with Crippen LogP contribution in [0, 0.1) is 11.6 Å². The molecule has 1 aliphatic rings. The molecule has 4 nitrogen and oxygen atoms in total. The fourth-order valence-electron chi connectivity index (χ4n) is 3.77. The van der Waals surface area contributed by atoms with Gasteiger partial charge in [-0.3, -0.25) is 4.79 Å². The van der Waals surface area contributed by atoms with Gasteiger partial charge in [0.1, 0.15) is 17.7 Å². The zero-order valence-electron chi connectivity index (χ0n) is 16.8. The minimum atomic E-state index is -0.858. The number of hydrogen-bond donors (Lipinski definition) is 1. The van der Waals surface area contributed by atoms with Gasteiger partial charge in [0, 0.05) is 29.2 Å². The Morgan fingerprint density at radius 3 is 2.61 bits per heavy atom. The monoisotopic (exact) mass is 443 g/mol. The predicted molar refractivity (Wildman–Crippen MR) is 115 cm³/mol. The molecular formula is C24H20ClF2NO3. The number of benzene rings is 3. The second kappa shape index (κ2) is 8.55. The maximum absolute atomic E-state index is 15.5. The highest BCUT2D eigenvalue weighted by Gasteiger charge is 2.33. The van der Waals surface area contributed by atoms with E-state index in [2.05, 4.69) is 0 Å². The van der Waals surface area contributed by atoms with Crippen molar-refractivity contribution in [1.29, 1.82) is 0 Å². The molecule has 1 aliphatic heterocycles. The summed E-state index contributed by atoms with van der Waals surface area (Å²) in [5.41, 5.74) is 6.67. The summed E-state index contributed by atoms with van der Waals surface area (Å²) in [7, 11) is 0. The molecule has 1 unspecified atom stereocenters. The zero-order valence-corrected chi connectivity index (χ0v) is 17.5. The first-order valence-electron chi connectivity index (χ1n) is 9.90. The van der Waals surface area contributed by atoms with E-state index < -0.39 is 23.6 Å². The van der Waals surface area contributed by atoms with Gasteiger partial charge >= 0.3 is 0 Å². The quantitative estimate of drug-likeness (QED) is 0.520. The number of carbonyl (C=O) groups is 1. The summed E-state index contributed by atoms with van der Waals surface area (Å²) in [6.07, 6.45) is 0.592. The zero-order chi connectivity index (χ0) is 22.1. The molecule has 160 valence electrons. The lowest BCUT2D eigenvalue weighted by Crippen LogP contribution is -2.14. The van der Waals surface area contributed by atoms with Gasteiger partial charge in [-0.25, -0.2) is 8.78 Å². The van der Waals surface area contributed by atoms with Crippen molar-refractivity contribution in [3.8, 4) is 22.6 Å². The Balaban J connectivity index is 1.91. The van der Waals surface area contributed by atoms with Crippen molar-refractivity contribution in [2.45, 2.75) is 25.9 Å². The SMILES string of the molecule is CCCOc1ccc(C(N)=O)c(-c2c(Cl)c(F)cc3c2CC(c2ccccc2)O3)c1F. The number of ether oxygens (including phenoxy) is 2. The van der Waals surface area contributed by atoms with E-state index in [0.717, 1.165) is 5.56 Å². The molecule has 0 bridgehead atoms. The van der Waals surface area contributed by atoms with Gasteiger partial charge in [0.05, 0.1) is 17.2 Å². The minimum absolute atomic E-state index is 0.0587. The van der Waals surface area contributed by atoms with E-state index in [0.29, 0.717) is 18.4 Å². The average molecular weight is 444 g/mol. The number of halogens is 3. The number of rotatable bonds is 6. The van der Waals surface area contributed by atoms with Crippen LogP contribution in [0.5, 0.6) is 11.5 Å². The van der Waals surface area contributed by atoms with Crippen molar-refractivity contribution in [2.24, 2.45) is 5.73 Å². The Morgan fingerprint density at radius 2 is 1.94 bits per heavy atom. The Labute approximate surface area is 183 Å². The molecule has 0 aliphatic carbocycles. The second-order valence-corrected chi connectivity index (χ2v) is 7.64. The normalized spacial score (nSPS) is 14.8. The van der Waals surface area contributed by atoms with E-state index in [1.807, 2.05) is 37.3 Å². The first-order valence-corrected chi connectivity index (χ1v) is 10.3. The van der Waals surface area contributed by atoms with Gasteiger partial charge in [-0.05, 0) is 24.1 Å². The lowest BCUT2D eigenvalue weighted by atomic mass is 9.91. The topological polar surface area (TPSA) is 61.5 Å². The van der Waals surface area contributed by atoms with Crippen molar-refractivity contribution in [2.75, 3.05) is 6.61 Å². The first-order chi connectivity index (χ1) is 14.9. The maximum Gasteiger partial charge on any atom is 0.249 e. The Kier molecular flexibility index (Phi) is 5.83. The fourth-order valence-corrected chi connectivity index (χ4v) is 4.04. The number of carbonyl (C=O) groups excluding carboxylic acids is 1. The van der Waals surface area contributed by atoms with Gasteiger partial charge < -0.3 is 15.2 Å². The number of primary amides is 1. The van der Waals surface area contributed by atoms with Crippen molar-refractivity contribution < 1.29 is 23.0 Å². The van der Waals surface area contributed by atoms with Crippen LogP contribution in [-0.2, 0) is 6.42 Å². The van der Waals surface area contributed by atoms with Crippen molar-refractivity contribution >= 4 is 17.5 Å². The molecule has 0 aromatic heterocycles. The molecule has 0 radical (unpaired) electrons.